The molecular weight excluding hydrogens is 578 g/mol. The van der Waals surface area contributed by atoms with E-state index in [4.69, 9.17) is 13.9 Å². The second-order valence-electron chi connectivity index (χ2n) is 11.6. The number of sulfonamides is 1. The van der Waals surface area contributed by atoms with Crippen LogP contribution >= 0.6 is 0 Å². The van der Waals surface area contributed by atoms with E-state index in [0.717, 1.165) is 64.8 Å². The van der Waals surface area contributed by atoms with Crippen LogP contribution in [0.15, 0.2) is 81.1 Å². The van der Waals surface area contributed by atoms with Crippen LogP contribution in [-0.2, 0) is 21.2 Å². The number of carbonyl (C=O) groups is 1. The third-order valence-electron chi connectivity index (χ3n) is 8.54. The Kier molecular flexibility index (Phi) is 8.46. The third kappa shape index (κ3) is 6.51. The Bertz CT molecular complexity index is 1840. The fourth-order valence-electron chi connectivity index (χ4n) is 6.07. The molecule has 3 aromatic carbocycles. The van der Waals surface area contributed by atoms with Crippen LogP contribution in [0.4, 0.5) is 0 Å². The standard InChI is InChI=1S/C34H37N3O6S/c1-23-6-12-27(13-7-23)44(39,40)35-19-15-32(38)36-37-33-21-28(24-8-10-26(41-2)11-9-24)29-20-25-14-18-34(16-4-3-5-17-34)43-30(25)22-31(29)42-33/h6-13,20-22,35H,3-5,14-19H2,1-2H3,(H,36,38). The number of benzene rings is 3. The predicted octanol–water partition coefficient (Wildman–Crippen LogP) is 5.75. The molecule has 0 radical (unpaired) electrons. The van der Waals surface area contributed by atoms with Gasteiger partial charge in [-0.1, -0.05) is 36.2 Å². The Morgan fingerprint density at radius 2 is 1.73 bits per heavy atom. The lowest BCUT2D eigenvalue weighted by Gasteiger charge is -2.41. The first-order valence-electron chi connectivity index (χ1n) is 15.1. The number of nitrogens with one attached hydrogen (secondary N) is 2. The molecule has 0 bridgehead atoms. The first kappa shape index (κ1) is 29.9. The number of amides is 1. The Morgan fingerprint density at radius 3 is 2.45 bits per heavy atom. The van der Waals surface area contributed by atoms with Gasteiger partial charge in [0.15, 0.2) is 0 Å². The minimum atomic E-state index is -3.72. The summed E-state index contributed by atoms with van der Waals surface area (Å²) in [7, 11) is -2.09. The smallest absolute Gasteiger partial charge is 0.241 e. The van der Waals surface area contributed by atoms with Crippen molar-refractivity contribution in [3.63, 3.8) is 0 Å². The molecular formula is C34H37N3O6S. The lowest BCUT2D eigenvalue weighted by Crippen LogP contribution is -2.41. The van der Waals surface area contributed by atoms with Gasteiger partial charge in [-0.2, -0.15) is 0 Å². The average Bonchev–Trinajstić information content (AvgIpc) is 3.03. The summed E-state index contributed by atoms with van der Waals surface area (Å²) in [6, 6.07) is 20.2. The molecule has 1 fully saturated rings. The Balaban J connectivity index is 1.26. The zero-order valence-corrected chi connectivity index (χ0v) is 25.8. The maximum atomic E-state index is 12.6. The second kappa shape index (κ2) is 12.5. The van der Waals surface area contributed by atoms with E-state index in [0.29, 0.717) is 5.58 Å². The molecule has 1 aliphatic carbocycles. The summed E-state index contributed by atoms with van der Waals surface area (Å²) in [6.07, 6.45) is 7.63. The van der Waals surface area contributed by atoms with Crippen molar-refractivity contribution in [3.05, 3.63) is 83.4 Å². The van der Waals surface area contributed by atoms with Crippen LogP contribution in [0.2, 0.25) is 0 Å². The number of hydrogen-bond acceptors (Lipinski definition) is 7. The summed E-state index contributed by atoms with van der Waals surface area (Å²) in [5, 5.41) is 5.17. The van der Waals surface area contributed by atoms with E-state index < -0.39 is 15.9 Å². The fourth-order valence-corrected chi connectivity index (χ4v) is 7.10. The molecule has 9 nitrogen and oxygen atoms in total. The van der Waals surface area contributed by atoms with E-state index in [1.54, 1.807) is 25.3 Å². The summed E-state index contributed by atoms with van der Waals surface area (Å²) in [5.74, 6) is 1.14. The van der Waals surface area contributed by atoms with Crippen LogP contribution in [0.25, 0.3) is 22.1 Å². The highest BCUT2D eigenvalue weighted by Gasteiger charge is 2.37. The number of ether oxygens (including phenoxy) is 2. The number of fused-ring (bicyclic) bond motifs is 2. The Morgan fingerprint density at radius 1 is 0.977 bits per heavy atom. The highest BCUT2D eigenvalue weighted by Crippen LogP contribution is 2.44. The highest BCUT2D eigenvalue weighted by atomic mass is 32.2. The third-order valence-corrected chi connectivity index (χ3v) is 10.0. The van der Waals surface area contributed by atoms with Crippen LogP contribution in [0.5, 0.6) is 11.5 Å². The molecule has 1 saturated carbocycles. The van der Waals surface area contributed by atoms with Crippen molar-refractivity contribution in [2.24, 2.45) is 5.10 Å². The molecule has 2 aliphatic rings. The lowest BCUT2D eigenvalue weighted by molar-refractivity contribution is -0.121. The predicted molar refractivity (Wildman–Crippen MR) is 168 cm³/mol. The van der Waals surface area contributed by atoms with Gasteiger partial charge in [-0.25, -0.2) is 18.6 Å². The van der Waals surface area contributed by atoms with Crippen molar-refractivity contribution in [2.75, 3.05) is 13.7 Å². The first-order valence-corrected chi connectivity index (χ1v) is 16.6. The topological polar surface area (TPSA) is 119 Å². The molecule has 44 heavy (non-hydrogen) atoms. The molecule has 1 amide bonds. The van der Waals surface area contributed by atoms with Gasteiger partial charge in [-0.05, 0) is 92.5 Å². The van der Waals surface area contributed by atoms with Gasteiger partial charge in [-0.15, -0.1) is 5.10 Å². The highest BCUT2D eigenvalue weighted by molar-refractivity contribution is 7.89. The Labute approximate surface area is 257 Å². The van der Waals surface area contributed by atoms with E-state index in [9.17, 15) is 13.2 Å². The van der Waals surface area contributed by atoms with Crippen LogP contribution in [-0.4, -0.2) is 33.6 Å². The number of methoxy groups -OCH3 is 1. The lowest BCUT2D eigenvalue weighted by atomic mass is 9.79. The first-order chi connectivity index (χ1) is 21.2. The van der Waals surface area contributed by atoms with Gasteiger partial charge in [0.25, 0.3) is 0 Å². The van der Waals surface area contributed by atoms with Crippen molar-refractivity contribution in [2.45, 2.75) is 68.8 Å². The van der Waals surface area contributed by atoms with Crippen LogP contribution in [0, 0.1) is 6.92 Å². The van der Waals surface area contributed by atoms with E-state index >= 15 is 0 Å². The molecule has 0 saturated heterocycles. The van der Waals surface area contributed by atoms with E-state index in [1.165, 1.54) is 31.4 Å². The second-order valence-corrected chi connectivity index (χ2v) is 13.4. The van der Waals surface area contributed by atoms with Gasteiger partial charge in [0.2, 0.25) is 21.5 Å². The number of nitrogens with zero attached hydrogens (tertiary/aromatic N) is 1. The summed E-state index contributed by atoms with van der Waals surface area (Å²) in [4.78, 5) is 12.8. The van der Waals surface area contributed by atoms with E-state index in [-0.39, 0.29) is 29.0 Å². The summed E-state index contributed by atoms with van der Waals surface area (Å²) >= 11 is 0. The molecule has 1 aromatic heterocycles. The van der Waals surface area contributed by atoms with Gasteiger partial charge < -0.3 is 13.9 Å². The van der Waals surface area contributed by atoms with Gasteiger partial charge in [0.1, 0.15) is 22.7 Å². The normalized spacial score (nSPS) is 16.4. The molecule has 230 valence electrons. The average molecular weight is 616 g/mol. The molecule has 1 aliphatic heterocycles. The molecule has 0 unspecified atom stereocenters. The molecule has 0 atom stereocenters. The van der Waals surface area contributed by atoms with Gasteiger partial charge in [0, 0.05) is 30.5 Å². The van der Waals surface area contributed by atoms with E-state index in [2.05, 4.69) is 21.3 Å². The van der Waals surface area contributed by atoms with Crippen LogP contribution in [0.1, 0.15) is 56.1 Å². The molecule has 1 spiro atoms. The largest absolute Gasteiger partial charge is 0.497 e. The van der Waals surface area contributed by atoms with Crippen molar-refractivity contribution >= 4 is 26.9 Å². The number of rotatable bonds is 8. The van der Waals surface area contributed by atoms with Crippen molar-refractivity contribution in [3.8, 4) is 22.6 Å². The van der Waals surface area contributed by atoms with Crippen LogP contribution in [0.3, 0.4) is 0 Å². The quantitative estimate of drug-likeness (QED) is 0.244. The molecule has 10 heteroatoms. The van der Waals surface area contributed by atoms with Gasteiger partial charge in [0.05, 0.1) is 12.0 Å². The SMILES string of the molecule is COc1ccc(-c2cc(=NNC(=O)CCNS(=O)(=O)c3ccc(C)cc3)oc3cc4c(cc23)CCC2(CCCCC2)O4)cc1. The van der Waals surface area contributed by atoms with Crippen molar-refractivity contribution in [1.29, 1.82) is 0 Å². The van der Waals surface area contributed by atoms with Gasteiger partial charge >= 0.3 is 0 Å². The van der Waals surface area contributed by atoms with Crippen LogP contribution < -0.4 is 25.2 Å². The number of carbonyl (C=O) groups excluding carboxylic acids is 1. The maximum absolute atomic E-state index is 12.6. The Hall–Kier alpha value is -4.15. The molecule has 6 rings (SSSR count). The molecule has 2 N–H and O–H groups in total. The zero-order chi connectivity index (χ0) is 30.7. The molecule has 2 heterocycles. The summed E-state index contributed by atoms with van der Waals surface area (Å²) < 4.78 is 45.7. The number of aryl methyl sites for hydroxylation is 2. The minimum Gasteiger partial charge on any atom is -0.497 e. The summed E-state index contributed by atoms with van der Waals surface area (Å²) in [6.45, 7) is 1.81. The maximum Gasteiger partial charge on any atom is 0.241 e. The monoisotopic (exact) mass is 615 g/mol. The number of hydrogen-bond donors (Lipinski definition) is 2. The zero-order valence-electron chi connectivity index (χ0n) is 25.0. The molecule has 4 aromatic rings. The summed E-state index contributed by atoms with van der Waals surface area (Å²) in [5.41, 5.74) is 7.17. The van der Waals surface area contributed by atoms with E-state index in [1.807, 2.05) is 37.3 Å². The minimum absolute atomic E-state index is 0.0747. The fraction of sp³-hybridized carbons (Fsp3) is 0.353. The van der Waals surface area contributed by atoms with Crippen molar-refractivity contribution < 1.29 is 27.1 Å². The van der Waals surface area contributed by atoms with Gasteiger partial charge in [-0.3, -0.25) is 4.79 Å². The van der Waals surface area contributed by atoms with Crippen molar-refractivity contribution in [1.82, 2.24) is 10.1 Å².